The third kappa shape index (κ3) is 3.67. The first kappa shape index (κ1) is 18.6. The Morgan fingerprint density at radius 3 is 2.42 bits per heavy atom. The zero-order valence-electron chi connectivity index (χ0n) is 16.5. The van der Waals surface area contributed by atoms with Crippen molar-refractivity contribution in [2.75, 3.05) is 38.2 Å². The Bertz CT molecular complexity index is 715. The molecule has 1 aliphatic rings. The number of ether oxygens (including phenoxy) is 1. The number of benzene rings is 1. The minimum absolute atomic E-state index is 0.120. The number of anilines is 1. The van der Waals surface area contributed by atoms with Gasteiger partial charge in [-0.15, -0.1) is 5.10 Å². The van der Waals surface area contributed by atoms with Gasteiger partial charge in [-0.05, 0) is 49.8 Å². The summed E-state index contributed by atoms with van der Waals surface area (Å²) < 4.78 is 7.49. The highest BCUT2D eigenvalue weighted by Crippen LogP contribution is 2.31. The molecule has 1 saturated heterocycles. The maximum Gasteiger partial charge on any atom is 0.168 e. The molecule has 7 nitrogen and oxygen atoms in total. The molecule has 142 valence electrons. The van der Waals surface area contributed by atoms with Crippen molar-refractivity contribution < 1.29 is 4.74 Å². The van der Waals surface area contributed by atoms with Gasteiger partial charge in [0.05, 0.1) is 24.4 Å². The minimum Gasteiger partial charge on any atom is -0.495 e. The summed E-state index contributed by atoms with van der Waals surface area (Å²) in [5.41, 5.74) is 1.05. The van der Waals surface area contributed by atoms with Crippen LogP contribution in [0.3, 0.4) is 0 Å². The van der Waals surface area contributed by atoms with Crippen LogP contribution >= 0.6 is 0 Å². The predicted molar refractivity (Wildman–Crippen MR) is 103 cm³/mol. The predicted octanol–water partition coefficient (Wildman–Crippen LogP) is 2.71. The van der Waals surface area contributed by atoms with Gasteiger partial charge >= 0.3 is 0 Å². The number of aromatic nitrogens is 4. The van der Waals surface area contributed by atoms with E-state index in [1.807, 2.05) is 16.8 Å². The van der Waals surface area contributed by atoms with Gasteiger partial charge in [-0.1, -0.05) is 19.1 Å². The summed E-state index contributed by atoms with van der Waals surface area (Å²) in [6, 6.07) is 8.47. The second-order valence-corrected chi connectivity index (χ2v) is 7.74. The second-order valence-electron chi connectivity index (χ2n) is 7.74. The number of piperazine rings is 1. The fourth-order valence-electron chi connectivity index (χ4n) is 3.65. The molecule has 2 heterocycles. The SMILES string of the molecule is CCC(c1nnnn1C(C)(C)C)N1CCN(c2ccccc2OC)CC1. The summed E-state index contributed by atoms with van der Waals surface area (Å²) in [6.07, 6.45) is 0.991. The fourth-order valence-corrected chi connectivity index (χ4v) is 3.65. The quantitative estimate of drug-likeness (QED) is 0.819. The van der Waals surface area contributed by atoms with Crippen molar-refractivity contribution in [1.29, 1.82) is 0 Å². The lowest BCUT2D eigenvalue weighted by Gasteiger charge is -2.40. The van der Waals surface area contributed by atoms with E-state index < -0.39 is 0 Å². The van der Waals surface area contributed by atoms with Crippen LogP contribution in [0.2, 0.25) is 0 Å². The number of hydrogen-bond acceptors (Lipinski definition) is 6. The van der Waals surface area contributed by atoms with Crippen molar-refractivity contribution in [3.63, 3.8) is 0 Å². The van der Waals surface area contributed by atoms with Crippen molar-refractivity contribution in [3.8, 4) is 5.75 Å². The normalized spacial score (nSPS) is 17.3. The molecular weight excluding hydrogens is 328 g/mol. The van der Waals surface area contributed by atoms with Crippen LogP contribution in [0.5, 0.6) is 5.75 Å². The van der Waals surface area contributed by atoms with Crippen LogP contribution in [0.1, 0.15) is 46.0 Å². The van der Waals surface area contributed by atoms with Gasteiger partial charge in [0.25, 0.3) is 0 Å². The molecule has 0 N–H and O–H groups in total. The molecular formula is C19H30N6O. The Balaban J connectivity index is 1.73. The molecule has 1 aromatic heterocycles. The molecule has 1 aromatic carbocycles. The van der Waals surface area contributed by atoms with E-state index >= 15 is 0 Å². The first-order chi connectivity index (χ1) is 12.5. The molecule has 1 atom stereocenters. The third-order valence-electron chi connectivity index (χ3n) is 4.99. The van der Waals surface area contributed by atoms with Crippen LogP contribution in [-0.4, -0.2) is 58.4 Å². The number of para-hydroxylation sites is 2. The van der Waals surface area contributed by atoms with E-state index in [1.54, 1.807) is 7.11 Å². The average molecular weight is 358 g/mol. The topological polar surface area (TPSA) is 59.3 Å². The molecule has 2 aromatic rings. The second kappa shape index (κ2) is 7.61. The van der Waals surface area contributed by atoms with Crippen LogP contribution in [0, 0.1) is 0 Å². The maximum absolute atomic E-state index is 5.52. The summed E-state index contributed by atoms with van der Waals surface area (Å²) in [4.78, 5) is 4.90. The Kier molecular flexibility index (Phi) is 5.46. The van der Waals surface area contributed by atoms with Gasteiger partial charge in [0, 0.05) is 26.2 Å². The van der Waals surface area contributed by atoms with Crippen LogP contribution in [0.4, 0.5) is 5.69 Å². The highest BCUT2D eigenvalue weighted by molar-refractivity contribution is 5.58. The van der Waals surface area contributed by atoms with Gasteiger partial charge in [-0.3, -0.25) is 4.90 Å². The van der Waals surface area contributed by atoms with E-state index in [-0.39, 0.29) is 11.6 Å². The Morgan fingerprint density at radius 1 is 1.12 bits per heavy atom. The average Bonchev–Trinajstić information content (AvgIpc) is 3.13. The zero-order chi connectivity index (χ0) is 18.7. The van der Waals surface area contributed by atoms with Crippen molar-refractivity contribution in [1.82, 2.24) is 25.1 Å². The summed E-state index contributed by atoms with van der Waals surface area (Å²) in [6.45, 7) is 12.5. The first-order valence-electron chi connectivity index (χ1n) is 9.36. The Hall–Kier alpha value is -2.15. The molecule has 0 spiro atoms. The summed E-state index contributed by atoms with van der Waals surface area (Å²) in [5, 5.41) is 12.5. The monoisotopic (exact) mass is 358 g/mol. The van der Waals surface area contributed by atoms with E-state index in [9.17, 15) is 0 Å². The molecule has 1 aliphatic heterocycles. The van der Waals surface area contributed by atoms with Crippen molar-refractivity contribution in [2.24, 2.45) is 0 Å². The number of hydrogen-bond donors (Lipinski definition) is 0. The lowest BCUT2D eigenvalue weighted by molar-refractivity contribution is 0.161. The molecule has 0 saturated carbocycles. The van der Waals surface area contributed by atoms with Gasteiger partial charge in [-0.25, -0.2) is 4.68 Å². The minimum atomic E-state index is -0.120. The zero-order valence-corrected chi connectivity index (χ0v) is 16.5. The van der Waals surface area contributed by atoms with Crippen LogP contribution in [-0.2, 0) is 5.54 Å². The third-order valence-corrected chi connectivity index (χ3v) is 4.99. The number of rotatable bonds is 5. The van der Waals surface area contributed by atoms with Gasteiger partial charge in [0.15, 0.2) is 5.82 Å². The molecule has 0 radical (unpaired) electrons. The first-order valence-corrected chi connectivity index (χ1v) is 9.36. The molecule has 1 fully saturated rings. The lowest BCUT2D eigenvalue weighted by atomic mass is 10.1. The van der Waals surface area contributed by atoms with E-state index in [4.69, 9.17) is 4.74 Å². The number of tetrazole rings is 1. The highest BCUT2D eigenvalue weighted by Gasteiger charge is 2.31. The molecule has 0 aliphatic carbocycles. The molecule has 7 heteroatoms. The van der Waals surface area contributed by atoms with E-state index in [1.165, 1.54) is 5.69 Å². The molecule has 1 unspecified atom stereocenters. The largest absolute Gasteiger partial charge is 0.495 e. The molecule has 0 bridgehead atoms. The smallest absolute Gasteiger partial charge is 0.168 e. The maximum atomic E-state index is 5.52. The highest BCUT2D eigenvalue weighted by atomic mass is 16.5. The van der Waals surface area contributed by atoms with Crippen molar-refractivity contribution >= 4 is 5.69 Å². The Labute approximate surface area is 155 Å². The van der Waals surface area contributed by atoms with Gasteiger partial charge in [-0.2, -0.15) is 0 Å². The van der Waals surface area contributed by atoms with Crippen molar-refractivity contribution in [2.45, 2.75) is 45.7 Å². The standard InChI is InChI=1S/C19H30N6O/c1-6-15(18-20-21-22-25(18)19(2,3)4)23-11-13-24(14-12-23)16-9-7-8-10-17(16)26-5/h7-10,15H,6,11-14H2,1-5H3. The summed E-state index contributed by atoms with van der Waals surface area (Å²) in [5.74, 6) is 1.90. The molecule has 0 amide bonds. The fraction of sp³-hybridized carbons (Fsp3) is 0.632. The van der Waals surface area contributed by atoms with Crippen molar-refractivity contribution in [3.05, 3.63) is 30.1 Å². The van der Waals surface area contributed by atoms with Gasteiger partial charge in [0.2, 0.25) is 0 Å². The van der Waals surface area contributed by atoms with Crippen LogP contribution in [0.15, 0.2) is 24.3 Å². The Morgan fingerprint density at radius 2 is 1.81 bits per heavy atom. The lowest BCUT2D eigenvalue weighted by Crippen LogP contribution is -2.48. The summed E-state index contributed by atoms with van der Waals surface area (Å²) >= 11 is 0. The van der Waals surface area contributed by atoms with E-state index in [0.717, 1.165) is 44.2 Å². The number of methoxy groups -OCH3 is 1. The summed E-state index contributed by atoms with van der Waals surface area (Å²) in [7, 11) is 1.73. The van der Waals surface area contributed by atoms with Crippen LogP contribution in [0.25, 0.3) is 0 Å². The van der Waals surface area contributed by atoms with E-state index in [2.05, 4.69) is 65.2 Å². The molecule has 26 heavy (non-hydrogen) atoms. The van der Waals surface area contributed by atoms with Crippen LogP contribution < -0.4 is 9.64 Å². The number of nitrogens with zero attached hydrogens (tertiary/aromatic N) is 6. The van der Waals surface area contributed by atoms with Gasteiger partial charge in [0.1, 0.15) is 5.75 Å². The van der Waals surface area contributed by atoms with E-state index in [0.29, 0.717) is 0 Å². The molecule has 3 rings (SSSR count). The van der Waals surface area contributed by atoms with Gasteiger partial charge < -0.3 is 9.64 Å².